The Morgan fingerprint density at radius 3 is 2.10 bits per heavy atom. The first-order valence-electron chi connectivity index (χ1n) is 11.6. The molecular formula is C25H24F6N4O5. The van der Waals surface area contributed by atoms with Gasteiger partial charge in [0.1, 0.15) is 0 Å². The van der Waals surface area contributed by atoms with Crippen LogP contribution in [0.25, 0.3) is 0 Å². The Balaban J connectivity index is 0.000000333. The van der Waals surface area contributed by atoms with E-state index in [0.717, 1.165) is 38.0 Å². The van der Waals surface area contributed by atoms with Crippen LogP contribution < -0.4 is 5.32 Å². The number of benzene rings is 1. The predicted molar refractivity (Wildman–Crippen MR) is 126 cm³/mol. The molecule has 4 rings (SSSR count). The van der Waals surface area contributed by atoms with Gasteiger partial charge in [-0.25, -0.2) is 9.59 Å². The first-order valence-corrected chi connectivity index (χ1v) is 11.6. The van der Waals surface area contributed by atoms with Gasteiger partial charge in [0.15, 0.2) is 0 Å². The number of alkyl halides is 6. The molecule has 0 aliphatic carbocycles. The summed E-state index contributed by atoms with van der Waals surface area (Å²) in [4.78, 5) is 36.6. The zero-order valence-corrected chi connectivity index (χ0v) is 20.7. The molecule has 9 nitrogen and oxygen atoms in total. The Labute approximate surface area is 224 Å². The maximum Gasteiger partial charge on any atom is 0.490 e. The summed E-state index contributed by atoms with van der Waals surface area (Å²) in [6, 6.07) is 14.0. The van der Waals surface area contributed by atoms with Gasteiger partial charge in [0.25, 0.3) is 0 Å². The van der Waals surface area contributed by atoms with Crippen molar-refractivity contribution in [3.8, 4) is 6.07 Å². The number of carboxylic acid groups (broad SMARTS) is 2. The molecule has 1 spiro atoms. The van der Waals surface area contributed by atoms with Crippen LogP contribution in [0, 0.1) is 11.3 Å². The highest BCUT2D eigenvalue weighted by molar-refractivity contribution is 5.81. The fraction of sp³-hybridized carbons (Fsp3) is 0.400. The fourth-order valence-electron chi connectivity index (χ4n) is 4.40. The molecule has 40 heavy (non-hydrogen) atoms. The summed E-state index contributed by atoms with van der Waals surface area (Å²) in [5.41, 5.74) is 2.88. The number of aliphatic carboxylic acids is 2. The molecule has 3 N–H and O–H groups in total. The summed E-state index contributed by atoms with van der Waals surface area (Å²) in [5, 5.41) is 26.6. The van der Waals surface area contributed by atoms with Gasteiger partial charge < -0.3 is 15.5 Å². The van der Waals surface area contributed by atoms with E-state index in [0.29, 0.717) is 12.0 Å². The fourth-order valence-corrected chi connectivity index (χ4v) is 4.40. The van der Waals surface area contributed by atoms with Crippen molar-refractivity contribution in [2.75, 3.05) is 13.1 Å². The van der Waals surface area contributed by atoms with Crippen molar-refractivity contribution in [2.24, 2.45) is 0 Å². The van der Waals surface area contributed by atoms with E-state index in [4.69, 9.17) is 25.1 Å². The molecule has 2 saturated heterocycles. The lowest BCUT2D eigenvalue weighted by Crippen LogP contribution is -2.53. The number of nitriles is 1. The molecule has 2 aliphatic rings. The maximum atomic E-state index is 12.2. The Morgan fingerprint density at radius 1 is 1.05 bits per heavy atom. The van der Waals surface area contributed by atoms with E-state index in [9.17, 15) is 31.1 Å². The summed E-state index contributed by atoms with van der Waals surface area (Å²) in [7, 11) is 0. The second-order valence-electron chi connectivity index (χ2n) is 8.94. The van der Waals surface area contributed by atoms with Gasteiger partial charge in [-0.1, -0.05) is 18.2 Å². The largest absolute Gasteiger partial charge is 0.490 e. The van der Waals surface area contributed by atoms with Gasteiger partial charge >= 0.3 is 24.3 Å². The minimum atomic E-state index is -5.08. The highest BCUT2D eigenvalue weighted by Gasteiger charge is 2.48. The van der Waals surface area contributed by atoms with Crippen LogP contribution in [0.5, 0.6) is 0 Å². The average molecular weight is 574 g/mol. The molecule has 15 heteroatoms. The smallest absolute Gasteiger partial charge is 0.475 e. The predicted octanol–water partition coefficient (Wildman–Crippen LogP) is 3.86. The maximum absolute atomic E-state index is 12.2. The van der Waals surface area contributed by atoms with Gasteiger partial charge in [0.2, 0.25) is 5.91 Å². The summed E-state index contributed by atoms with van der Waals surface area (Å²) >= 11 is 0. The molecule has 0 saturated carbocycles. The number of halogens is 6. The van der Waals surface area contributed by atoms with E-state index in [2.05, 4.69) is 33.4 Å². The molecule has 1 aromatic carbocycles. The van der Waals surface area contributed by atoms with Crippen LogP contribution in [0.15, 0.2) is 48.8 Å². The number of pyridine rings is 1. The van der Waals surface area contributed by atoms with Crippen molar-refractivity contribution in [1.82, 2.24) is 15.2 Å². The molecule has 1 amide bonds. The summed E-state index contributed by atoms with van der Waals surface area (Å²) in [6.45, 7) is 2.72. The van der Waals surface area contributed by atoms with Crippen LogP contribution >= 0.6 is 0 Å². The molecule has 2 aromatic rings. The number of likely N-dealkylation sites (tertiary alicyclic amines) is 1. The van der Waals surface area contributed by atoms with Crippen molar-refractivity contribution >= 4 is 17.8 Å². The van der Waals surface area contributed by atoms with Gasteiger partial charge in [-0.2, -0.15) is 31.6 Å². The number of aromatic nitrogens is 1. The van der Waals surface area contributed by atoms with Gasteiger partial charge in [0.05, 0.1) is 11.6 Å². The SMILES string of the molecule is N#Cc1cccc(CN2CCC3(CC2)NC(=O)CC3c2cccnc2)c1.O=C(O)C(F)(F)F.O=C(O)C(F)(F)F. The Morgan fingerprint density at radius 2 is 1.62 bits per heavy atom. The zero-order chi connectivity index (χ0) is 30.1. The number of piperidine rings is 1. The number of hydrogen-bond donors (Lipinski definition) is 3. The minimum Gasteiger partial charge on any atom is -0.475 e. The van der Waals surface area contributed by atoms with Crippen LogP contribution in [0.3, 0.4) is 0 Å². The average Bonchev–Trinajstić information content (AvgIpc) is 3.21. The second kappa shape index (κ2) is 13.2. The number of nitrogens with one attached hydrogen (secondary N) is 1. The Hall–Kier alpha value is -4.19. The van der Waals surface area contributed by atoms with E-state index < -0.39 is 24.3 Å². The Kier molecular flexibility index (Phi) is 10.6. The van der Waals surface area contributed by atoms with Crippen molar-refractivity contribution in [3.63, 3.8) is 0 Å². The van der Waals surface area contributed by atoms with Gasteiger partial charge in [-0.15, -0.1) is 0 Å². The molecule has 3 heterocycles. The number of carbonyl (C=O) groups is 3. The molecule has 1 atom stereocenters. The van der Waals surface area contributed by atoms with Crippen LogP contribution in [0.2, 0.25) is 0 Å². The van der Waals surface area contributed by atoms with Gasteiger partial charge in [0, 0.05) is 49.9 Å². The molecule has 2 aliphatic heterocycles. The van der Waals surface area contributed by atoms with Crippen molar-refractivity contribution < 1.29 is 50.9 Å². The monoisotopic (exact) mass is 574 g/mol. The molecule has 0 radical (unpaired) electrons. The van der Waals surface area contributed by atoms with Crippen LogP contribution in [0.1, 0.15) is 41.9 Å². The third kappa shape index (κ3) is 9.23. The van der Waals surface area contributed by atoms with Crippen LogP contribution in [0.4, 0.5) is 26.3 Å². The van der Waals surface area contributed by atoms with Crippen molar-refractivity contribution in [2.45, 2.75) is 49.6 Å². The number of amides is 1. The standard InChI is InChI=1S/C21H22N4O.2C2HF3O2/c22-13-16-3-1-4-17(11-16)15-25-9-6-21(7-10-25)19(12-20(26)24-21)18-5-2-8-23-14-18;2*3-2(4,5)1(6)7/h1-5,8,11,14,19H,6-7,9-10,12,15H2,(H,24,26);2*(H,6,7). The van der Waals surface area contributed by atoms with Crippen LogP contribution in [-0.4, -0.2) is 68.9 Å². The molecule has 216 valence electrons. The van der Waals surface area contributed by atoms with E-state index in [1.165, 1.54) is 5.56 Å². The zero-order valence-electron chi connectivity index (χ0n) is 20.7. The molecule has 1 unspecified atom stereocenters. The number of carboxylic acids is 2. The lowest BCUT2D eigenvalue weighted by atomic mass is 9.74. The second-order valence-corrected chi connectivity index (χ2v) is 8.94. The van der Waals surface area contributed by atoms with E-state index >= 15 is 0 Å². The highest BCUT2D eigenvalue weighted by Crippen LogP contribution is 2.43. The quantitative estimate of drug-likeness (QED) is 0.469. The van der Waals surface area contributed by atoms with Crippen LogP contribution in [-0.2, 0) is 20.9 Å². The first kappa shape index (κ1) is 32.0. The van der Waals surface area contributed by atoms with E-state index in [1.807, 2.05) is 30.5 Å². The third-order valence-corrected chi connectivity index (χ3v) is 6.23. The summed E-state index contributed by atoms with van der Waals surface area (Å²) in [6.07, 6.45) is -4.06. The molecule has 2 fully saturated rings. The molecule has 1 aromatic heterocycles. The number of carbonyl (C=O) groups excluding carboxylic acids is 1. The third-order valence-electron chi connectivity index (χ3n) is 6.23. The highest BCUT2D eigenvalue weighted by atomic mass is 19.4. The molecular weight excluding hydrogens is 550 g/mol. The summed E-state index contributed by atoms with van der Waals surface area (Å²) < 4.78 is 63.5. The first-order chi connectivity index (χ1) is 18.6. The number of hydrogen-bond acceptors (Lipinski definition) is 6. The lowest BCUT2D eigenvalue weighted by Gasteiger charge is -2.43. The minimum absolute atomic E-state index is 0.147. The van der Waals surface area contributed by atoms with Crippen molar-refractivity contribution in [1.29, 1.82) is 5.26 Å². The topological polar surface area (TPSA) is 144 Å². The number of rotatable bonds is 3. The number of nitrogens with zero attached hydrogens (tertiary/aromatic N) is 3. The van der Waals surface area contributed by atoms with Gasteiger partial charge in [-0.05, 0) is 42.2 Å². The van der Waals surface area contributed by atoms with E-state index in [1.54, 1.807) is 6.20 Å². The van der Waals surface area contributed by atoms with Gasteiger partial charge in [-0.3, -0.25) is 14.7 Å². The van der Waals surface area contributed by atoms with E-state index in [-0.39, 0.29) is 17.4 Å². The molecule has 0 bridgehead atoms. The summed E-state index contributed by atoms with van der Waals surface area (Å²) in [5.74, 6) is -5.17. The Bertz CT molecular complexity index is 1200. The van der Waals surface area contributed by atoms with Crippen molar-refractivity contribution in [3.05, 3.63) is 65.5 Å². The lowest BCUT2D eigenvalue weighted by molar-refractivity contribution is -0.193. The normalized spacial score (nSPS) is 18.3.